The molecule has 2 nitrogen and oxygen atoms in total. The van der Waals surface area contributed by atoms with Crippen molar-refractivity contribution in [2.24, 2.45) is 5.92 Å². The normalized spacial score (nSPS) is 22.6. The lowest BCUT2D eigenvalue weighted by Gasteiger charge is -2.21. The number of nitrogens with one attached hydrogen (secondary N) is 1. The summed E-state index contributed by atoms with van der Waals surface area (Å²) in [7, 11) is 0. The zero-order valence-corrected chi connectivity index (χ0v) is 13.4. The summed E-state index contributed by atoms with van der Waals surface area (Å²) in [5.74, 6) is 0.901. The van der Waals surface area contributed by atoms with Gasteiger partial charge in [0.2, 0.25) is 0 Å². The lowest BCUT2D eigenvalue weighted by molar-refractivity contribution is 0.294. The van der Waals surface area contributed by atoms with E-state index >= 15 is 0 Å². The molecule has 0 heterocycles. The molecule has 2 atom stereocenters. The molecule has 0 amide bonds. The summed E-state index contributed by atoms with van der Waals surface area (Å²) in [6.07, 6.45) is 4.08. The molecule has 1 aliphatic carbocycles. The predicted octanol–water partition coefficient (Wildman–Crippen LogP) is 3.81. The van der Waals surface area contributed by atoms with E-state index in [2.05, 4.69) is 55.3 Å². The van der Waals surface area contributed by atoms with Crippen LogP contribution in [0.1, 0.15) is 51.2 Å². The lowest BCUT2D eigenvalue weighted by atomic mass is 10.1. The Morgan fingerprint density at radius 2 is 1.80 bits per heavy atom. The fourth-order valence-electron chi connectivity index (χ4n) is 3.22. The highest BCUT2D eigenvalue weighted by molar-refractivity contribution is 5.27. The maximum Gasteiger partial charge on any atom is 0.0236 e. The number of nitrogens with zero attached hydrogens (tertiary/aromatic N) is 1. The average molecular weight is 274 g/mol. The Morgan fingerprint density at radius 1 is 1.10 bits per heavy atom. The van der Waals surface area contributed by atoms with Gasteiger partial charge in [-0.15, -0.1) is 0 Å². The van der Waals surface area contributed by atoms with Crippen molar-refractivity contribution in [1.82, 2.24) is 10.2 Å². The van der Waals surface area contributed by atoms with Crippen LogP contribution < -0.4 is 5.32 Å². The Balaban J connectivity index is 1.93. The molecule has 0 aromatic heterocycles. The molecule has 2 rings (SSSR count). The molecule has 0 aliphatic heterocycles. The van der Waals surface area contributed by atoms with Crippen LogP contribution >= 0.6 is 0 Å². The molecule has 1 N–H and O–H groups in total. The van der Waals surface area contributed by atoms with Gasteiger partial charge in [0.05, 0.1) is 0 Å². The summed E-state index contributed by atoms with van der Waals surface area (Å²) in [4.78, 5) is 2.48. The number of benzene rings is 1. The zero-order valence-electron chi connectivity index (χ0n) is 13.4. The minimum Gasteiger partial charge on any atom is -0.310 e. The van der Waals surface area contributed by atoms with E-state index in [0.29, 0.717) is 0 Å². The van der Waals surface area contributed by atoms with Crippen LogP contribution in [0.2, 0.25) is 0 Å². The van der Waals surface area contributed by atoms with Crippen LogP contribution in [0.3, 0.4) is 0 Å². The second-order valence-corrected chi connectivity index (χ2v) is 6.23. The van der Waals surface area contributed by atoms with Gasteiger partial charge in [-0.05, 0) is 49.4 Å². The molecule has 1 aliphatic rings. The Kier molecular flexibility index (Phi) is 6.06. The largest absolute Gasteiger partial charge is 0.310 e. The van der Waals surface area contributed by atoms with Crippen LogP contribution in [0.25, 0.3) is 0 Å². The van der Waals surface area contributed by atoms with Crippen molar-refractivity contribution in [3.8, 4) is 0 Å². The minimum absolute atomic E-state index is 0.728. The Morgan fingerprint density at radius 3 is 2.40 bits per heavy atom. The van der Waals surface area contributed by atoms with Crippen molar-refractivity contribution in [2.75, 3.05) is 13.1 Å². The maximum atomic E-state index is 3.76. The Bertz CT molecular complexity index is 398. The first-order chi connectivity index (χ1) is 9.72. The van der Waals surface area contributed by atoms with Gasteiger partial charge in [-0.2, -0.15) is 0 Å². The standard InChI is InChI=1S/C18H30N2/c1-4-20(5-2)14-17-9-7-6-8-16(17)13-19-18-11-10-15(3)12-18/h6-9,15,18-19H,4-5,10-14H2,1-3H3. The minimum atomic E-state index is 0.728. The monoisotopic (exact) mass is 274 g/mol. The molecule has 1 fully saturated rings. The van der Waals surface area contributed by atoms with Gasteiger partial charge in [0, 0.05) is 19.1 Å². The summed E-state index contributed by atoms with van der Waals surface area (Å²) < 4.78 is 0. The van der Waals surface area contributed by atoms with Crippen molar-refractivity contribution in [1.29, 1.82) is 0 Å². The van der Waals surface area contributed by atoms with E-state index in [-0.39, 0.29) is 0 Å². The Labute approximate surface area is 124 Å². The molecule has 2 heteroatoms. The summed E-state index contributed by atoms with van der Waals surface area (Å²) in [6, 6.07) is 9.63. The van der Waals surface area contributed by atoms with Crippen LogP contribution in [0.4, 0.5) is 0 Å². The van der Waals surface area contributed by atoms with Crippen molar-refractivity contribution in [3.05, 3.63) is 35.4 Å². The molecule has 1 aromatic rings. The molecule has 0 radical (unpaired) electrons. The maximum absolute atomic E-state index is 3.76. The fourth-order valence-corrected chi connectivity index (χ4v) is 3.22. The van der Waals surface area contributed by atoms with Crippen molar-refractivity contribution in [3.63, 3.8) is 0 Å². The van der Waals surface area contributed by atoms with Crippen LogP contribution in [-0.2, 0) is 13.1 Å². The predicted molar refractivity (Wildman–Crippen MR) is 86.7 cm³/mol. The molecule has 2 unspecified atom stereocenters. The molecular formula is C18H30N2. The van der Waals surface area contributed by atoms with Gasteiger partial charge in [0.15, 0.2) is 0 Å². The highest BCUT2D eigenvalue weighted by Gasteiger charge is 2.20. The van der Waals surface area contributed by atoms with Crippen molar-refractivity contribution < 1.29 is 0 Å². The lowest BCUT2D eigenvalue weighted by Crippen LogP contribution is -2.27. The van der Waals surface area contributed by atoms with Crippen LogP contribution in [0, 0.1) is 5.92 Å². The third-order valence-corrected chi connectivity index (χ3v) is 4.68. The highest BCUT2D eigenvalue weighted by Crippen LogP contribution is 2.25. The number of hydrogen-bond acceptors (Lipinski definition) is 2. The number of hydrogen-bond donors (Lipinski definition) is 1. The first kappa shape index (κ1) is 15.5. The van der Waals surface area contributed by atoms with Gasteiger partial charge >= 0.3 is 0 Å². The van der Waals surface area contributed by atoms with Gasteiger partial charge < -0.3 is 5.32 Å². The summed E-state index contributed by atoms with van der Waals surface area (Å²) in [5.41, 5.74) is 2.95. The van der Waals surface area contributed by atoms with E-state index in [1.165, 1.54) is 30.4 Å². The molecule has 0 bridgehead atoms. The summed E-state index contributed by atoms with van der Waals surface area (Å²) in [5, 5.41) is 3.76. The molecule has 1 saturated carbocycles. The molecule has 0 saturated heterocycles. The highest BCUT2D eigenvalue weighted by atomic mass is 15.1. The SMILES string of the molecule is CCN(CC)Cc1ccccc1CNC1CCC(C)C1. The van der Waals surface area contributed by atoms with Crippen molar-refractivity contribution in [2.45, 2.75) is 59.2 Å². The van der Waals surface area contributed by atoms with E-state index < -0.39 is 0 Å². The quantitative estimate of drug-likeness (QED) is 0.813. The molecular weight excluding hydrogens is 244 g/mol. The van der Waals surface area contributed by atoms with Crippen LogP contribution in [0.15, 0.2) is 24.3 Å². The van der Waals surface area contributed by atoms with Gasteiger partial charge in [-0.3, -0.25) is 4.90 Å². The molecule has 20 heavy (non-hydrogen) atoms. The fraction of sp³-hybridized carbons (Fsp3) is 0.667. The van der Waals surface area contributed by atoms with Gasteiger partial charge in [-0.1, -0.05) is 45.0 Å². The number of rotatable bonds is 7. The van der Waals surface area contributed by atoms with Gasteiger partial charge in [0.25, 0.3) is 0 Å². The van der Waals surface area contributed by atoms with E-state index in [4.69, 9.17) is 0 Å². The zero-order chi connectivity index (χ0) is 14.4. The van der Waals surface area contributed by atoms with E-state index in [1.807, 2.05) is 0 Å². The smallest absolute Gasteiger partial charge is 0.0236 e. The topological polar surface area (TPSA) is 15.3 Å². The summed E-state index contributed by atoms with van der Waals surface area (Å²) in [6.45, 7) is 11.2. The second kappa shape index (κ2) is 7.80. The Hall–Kier alpha value is -0.860. The third kappa shape index (κ3) is 4.32. The van der Waals surface area contributed by atoms with Crippen molar-refractivity contribution >= 4 is 0 Å². The van der Waals surface area contributed by atoms with Gasteiger partial charge in [-0.25, -0.2) is 0 Å². The molecule has 1 aromatic carbocycles. The van der Waals surface area contributed by atoms with Gasteiger partial charge in [0.1, 0.15) is 0 Å². The first-order valence-corrected chi connectivity index (χ1v) is 8.25. The van der Waals surface area contributed by atoms with E-state index in [1.54, 1.807) is 0 Å². The molecule has 112 valence electrons. The average Bonchev–Trinajstić information content (AvgIpc) is 2.89. The molecule has 0 spiro atoms. The summed E-state index contributed by atoms with van der Waals surface area (Å²) >= 11 is 0. The van der Waals surface area contributed by atoms with Crippen LogP contribution in [-0.4, -0.2) is 24.0 Å². The second-order valence-electron chi connectivity index (χ2n) is 6.23. The first-order valence-electron chi connectivity index (χ1n) is 8.25. The van der Waals surface area contributed by atoms with E-state index in [0.717, 1.165) is 38.1 Å². The van der Waals surface area contributed by atoms with Crippen LogP contribution in [0.5, 0.6) is 0 Å². The third-order valence-electron chi connectivity index (χ3n) is 4.68. The van der Waals surface area contributed by atoms with E-state index in [9.17, 15) is 0 Å².